The molecule has 0 radical (unpaired) electrons. The molecule has 0 aliphatic carbocycles. The standard InChI is InChI=1S/C26H25N3O6S2/c1-27-26-29(18(15-37-26)17-12-21(32-3)24(34-5)22(13-17)33-4)28-14-16-8-9-19(20(11-16)31-2)35-25(30)23-7-6-10-36-23/h6-15H,1-5H3. The lowest BCUT2D eigenvalue weighted by Crippen LogP contribution is -2.11. The van der Waals surface area contributed by atoms with E-state index in [1.807, 2.05) is 22.9 Å². The lowest BCUT2D eigenvalue weighted by atomic mass is 10.1. The Labute approximate surface area is 221 Å². The number of thiophene rings is 1. The Balaban J connectivity index is 1.68. The van der Waals surface area contributed by atoms with Crippen molar-refractivity contribution in [3.05, 3.63) is 68.5 Å². The molecule has 2 heterocycles. The number of aromatic nitrogens is 1. The molecule has 0 aliphatic heterocycles. The second-order valence-corrected chi connectivity index (χ2v) is 9.16. The minimum Gasteiger partial charge on any atom is -0.493 e. The monoisotopic (exact) mass is 539 g/mol. The van der Waals surface area contributed by atoms with Gasteiger partial charge in [0.25, 0.3) is 0 Å². The fourth-order valence-corrected chi connectivity index (χ4v) is 4.91. The summed E-state index contributed by atoms with van der Waals surface area (Å²) in [7, 11) is 7.93. The zero-order valence-corrected chi connectivity index (χ0v) is 22.5. The summed E-state index contributed by atoms with van der Waals surface area (Å²) in [6, 6.07) is 12.4. The van der Waals surface area contributed by atoms with Crippen molar-refractivity contribution in [2.24, 2.45) is 10.1 Å². The van der Waals surface area contributed by atoms with Gasteiger partial charge in [-0.2, -0.15) is 5.10 Å². The predicted molar refractivity (Wildman–Crippen MR) is 144 cm³/mol. The number of hydrogen-bond acceptors (Lipinski definition) is 10. The van der Waals surface area contributed by atoms with Gasteiger partial charge in [-0.05, 0) is 47.3 Å². The molecule has 37 heavy (non-hydrogen) atoms. The number of nitrogens with zero attached hydrogens (tertiary/aromatic N) is 3. The predicted octanol–water partition coefficient (Wildman–Crippen LogP) is 4.94. The fraction of sp³-hybridized carbons (Fsp3) is 0.192. The summed E-state index contributed by atoms with van der Waals surface area (Å²) in [5, 5.41) is 8.45. The lowest BCUT2D eigenvalue weighted by molar-refractivity contribution is 0.0735. The number of methoxy groups -OCH3 is 4. The van der Waals surface area contributed by atoms with E-state index in [9.17, 15) is 4.79 Å². The molecule has 192 valence electrons. The summed E-state index contributed by atoms with van der Waals surface area (Å²) >= 11 is 2.76. The van der Waals surface area contributed by atoms with Gasteiger partial charge in [0.2, 0.25) is 10.6 Å². The van der Waals surface area contributed by atoms with Crippen LogP contribution in [0.2, 0.25) is 0 Å². The summed E-state index contributed by atoms with van der Waals surface area (Å²) in [4.78, 5) is 17.9. The summed E-state index contributed by atoms with van der Waals surface area (Å²) < 4.78 is 29.2. The van der Waals surface area contributed by atoms with Crippen molar-refractivity contribution in [1.82, 2.24) is 4.68 Å². The van der Waals surface area contributed by atoms with Crippen LogP contribution in [-0.4, -0.2) is 52.3 Å². The Morgan fingerprint density at radius 3 is 2.22 bits per heavy atom. The van der Waals surface area contributed by atoms with Crippen LogP contribution in [0.15, 0.2) is 63.3 Å². The first kappa shape index (κ1) is 26.0. The SMILES string of the molecule is CN=c1scc(-c2cc(OC)c(OC)c(OC)c2)n1N=Cc1ccc(OC(=O)c2cccs2)c(OC)c1. The molecule has 0 bridgehead atoms. The first-order valence-corrected chi connectivity index (χ1v) is 12.7. The van der Waals surface area contributed by atoms with Gasteiger partial charge < -0.3 is 23.7 Å². The summed E-state index contributed by atoms with van der Waals surface area (Å²) in [6.07, 6.45) is 1.68. The Kier molecular flexibility index (Phi) is 8.26. The summed E-state index contributed by atoms with van der Waals surface area (Å²) in [5.41, 5.74) is 2.34. The molecule has 0 spiro atoms. The number of rotatable bonds is 9. The van der Waals surface area contributed by atoms with E-state index >= 15 is 0 Å². The third-order valence-corrected chi connectivity index (χ3v) is 7.03. The second-order valence-electron chi connectivity index (χ2n) is 7.37. The first-order valence-electron chi connectivity index (χ1n) is 10.9. The molecular formula is C26H25N3O6S2. The molecule has 11 heteroatoms. The molecule has 4 rings (SSSR count). The maximum atomic E-state index is 12.4. The van der Waals surface area contributed by atoms with Gasteiger partial charge in [-0.15, -0.1) is 22.7 Å². The van der Waals surface area contributed by atoms with Crippen LogP contribution < -0.4 is 28.5 Å². The van der Waals surface area contributed by atoms with Crippen LogP contribution in [0.4, 0.5) is 0 Å². The molecule has 2 aromatic carbocycles. The smallest absolute Gasteiger partial charge is 0.353 e. The van der Waals surface area contributed by atoms with Crippen molar-refractivity contribution in [2.45, 2.75) is 0 Å². The molecule has 0 amide bonds. The van der Waals surface area contributed by atoms with E-state index in [2.05, 4.69) is 10.1 Å². The number of thiazole rings is 1. The highest BCUT2D eigenvalue weighted by Crippen LogP contribution is 2.41. The van der Waals surface area contributed by atoms with Gasteiger partial charge in [0.05, 0.1) is 40.3 Å². The first-order chi connectivity index (χ1) is 18.0. The van der Waals surface area contributed by atoms with Gasteiger partial charge in [0.1, 0.15) is 4.88 Å². The van der Waals surface area contributed by atoms with E-state index in [0.29, 0.717) is 38.4 Å². The van der Waals surface area contributed by atoms with Crippen LogP contribution in [-0.2, 0) is 0 Å². The van der Waals surface area contributed by atoms with Crippen LogP contribution >= 0.6 is 22.7 Å². The van der Waals surface area contributed by atoms with Gasteiger partial charge in [-0.1, -0.05) is 6.07 Å². The van der Waals surface area contributed by atoms with E-state index in [0.717, 1.165) is 16.8 Å². The molecule has 0 saturated heterocycles. The van der Waals surface area contributed by atoms with Gasteiger partial charge in [0, 0.05) is 18.0 Å². The normalized spacial score (nSPS) is 11.5. The number of benzene rings is 2. The number of ether oxygens (including phenoxy) is 5. The largest absolute Gasteiger partial charge is 0.493 e. The highest BCUT2D eigenvalue weighted by molar-refractivity contribution is 7.12. The molecule has 0 N–H and O–H groups in total. The minimum atomic E-state index is -0.437. The third-order valence-electron chi connectivity index (χ3n) is 5.27. The van der Waals surface area contributed by atoms with E-state index in [1.165, 1.54) is 29.8 Å². The van der Waals surface area contributed by atoms with Crippen molar-refractivity contribution < 1.29 is 28.5 Å². The number of esters is 1. The van der Waals surface area contributed by atoms with Crippen LogP contribution in [0.1, 0.15) is 15.2 Å². The highest BCUT2D eigenvalue weighted by atomic mass is 32.1. The van der Waals surface area contributed by atoms with E-state index in [1.54, 1.807) is 69.6 Å². The molecule has 0 saturated carbocycles. The fourth-order valence-electron chi connectivity index (χ4n) is 3.51. The molecule has 0 atom stereocenters. The molecule has 9 nitrogen and oxygen atoms in total. The highest BCUT2D eigenvalue weighted by Gasteiger charge is 2.17. The average molecular weight is 540 g/mol. The lowest BCUT2D eigenvalue weighted by Gasteiger charge is -2.14. The summed E-state index contributed by atoms with van der Waals surface area (Å²) in [5.74, 6) is 1.87. The Morgan fingerprint density at radius 2 is 1.62 bits per heavy atom. The van der Waals surface area contributed by atoms with Crippen LogP contribution in [0.5, 0.6) is 28.7 Å². The van der Waals surface area contributed by atoms with Crippen molar-refractivity contribution in [1.29, 1.82) is 0 Å². The van der Waals surface area contributed by atoms with Gasteiger partial charge >= 0.3 is 5.97 Å². The Hall–Kier alpha value is -4.09. The van der Waals surface area contributed by atoms with Gasteiger partial charge in [-0.3, -0.25) is 4.99 Å². The topological polar surface area (TPSA) is 92.9 Å². The van der Waals surface area contributed by atoms with Crippen LogP contribution in [0, 0.1) is 0 Å². The zero-order chi connectivity index (χ0) is 26.4. The van der Waals surface area contributed by atoms with Crippen molar-refractivity contribution in [2.75, 3.05) is 35.5 Å². The third kappa shape index (κ3) is 5.52. The molecular weight excluding hydrogens is 514 g/mol. The van der Waals surface area contributed by atoms with Crippen molar-refractivity contribution in [3.63, 3.8) is 0 Å². The number of hydrogen-bond donors (Lipinski definition) is 0. The zero-order valence-electron chi connectivity index (χ0n) is 20.9. The van der Waals surface area contributed by atoms with Crippen LogP contribution in [0.3, 0.4) is 0 Å². The maximum Gasteiger partial charge on any atom is 0.353 e. The van der Waals surface area contributed by atoms with E-state index < -0.39 is 5.97 Å². The van der Waals surface area contributed by atoms with Crippen molar-refractivity contribution >= 4 is 34.9 Å². The van der Waals surface area contributed by atoms with E-state index in [-0.39, 0.29) is 0 Å². The minimum absolute atomic E-state index is 0.323. The van der Waals surface area contributed by atoms with Gasteiger partial charge in [-0.25, -0.2) is 9.47 Å². The molecule has 0 unspecified atom stereocenters. The maximum absolute atomic E-state index is 12.4. The quantitative estimate of drug-likeness (QED) is 0.170. The Bertz CT molecular complexity index is 1460. The molecule has 0 aliphatic rings. The number of carbonyl (C=O) groups is 1. The van der Waals surface area contributed by atoms with E-state index in [4.69, 9.17) is 23.7 Å². The van der Waals surface area contributed by atoms with Gasteiger partial charge in [0.15, 0.2) is 23.0 Å². The molecule has 4 aromatic rings. The van der Waals surface area contributed by atoms with Crippen LogP contribution in [0.25, 0.3) is 11.3 Å². The Morgan fingerprint density at radius 1 is 0.892 bits per heavy atom. The van der Waals surface area contributed by atoms with Crippen molar-refractivity contribution in [3.8, 4) is 40.0 Å². The summed E-state index contributed by atoms with van der Waals surface area (Å²) in [6.45, 7) is 0. The number of carbonyl (C=O) groups excluding carboxylic acids is 1. The second kappa shape index (κ2) is 11.8. The average Bonchev–Trinajstić information content (AvgIpc) is 3.62. The molecule has 0 fully saturated rings. The molecule has 2 aromatic heterocycles.